The van der Waals surface area contributed by atoms with Gasteiger partial charge in [-0.25, -0.2) is 0 Å². The summed E-state index contributed by atoms with van der Waals surface area (Å²) in [6, 6.07) is 8.11. The van der Waals surface area contributed by atoms with Crippen molar-refractivity contribution in [2.45, 2.75) is 26.0 Å². The summed E-state index contributed by atoms with van der Waals surface area (Å²) in [4.78, 5) is 2.06. The second-order valence-electron chi connectivity index (χ2n) is 4.83. The second-order valence-corrected chi connectivity index (χ2v) is 4.83. The molecule has 0 radical (unpaired) electrons. The molecule has 1 heterocycles. The Kier molecular flexibility index (Phi) is 2.72. The minimum Gasteiger partial charge on any atom is -0.377 e. The molecule has 0 aliphatic carbocycles. The van der Waals surface area contributed by atoms with Gasteiger partial charge in [-0.15, -0.1) is 0 Å². The Morgan fingerprint density at radius 1 is 1.38 bits per heavy atom. The molecule has 0 fully saturated rings. The van der Waals surface area contributed by atoms with Crippen molar-refractivity contribution >= 4 is 5.84 Å². The van der Waals surface area contributed by atoms with Crippen molar-refractivity contribution in [2.24, 2.45) is 0 Å². The predicted molar refractivity (Wildman–Crippen MR) is 64.8 cm³/mol. The van der Waals surface area contributed by atoms with E-state index in [4.69, 9.17) is 10.1 Å². The first-order chi connectivity index (χ1) is 7.53. The number of nitrogens with zero attached hydrogens (tertiary/aromatic N) is 1. The minimum absolute atomic E-state index is 0.214. The molecular weight excluding hydrogens is 200 g/mol. The summed E-state index contributed by atoms with van der Waals surface area (Å²) < 4.78 is 5.41. The molecule has 3 nitrogen and oxygen atoms in total. The average Bonchev–Trinajstić information content (AvgIpc) is 2.56. The van der Waals surface area contributed by atoms with E-state index < -0.39 is 0 Å². The molecule has 86 valence electrons. The Hall–Kier alpha value is -1.35. The third kappa shape index (κ3) is 1.95. The van der Waals surface area contributed by atoms with Gasteiger partial charge in [-0.1, -0.05) is 24.3 Å². The molecule has 2 rings (SSSR count). The van der Waals surface area contributed by atoms with Gasteiger partial charge in [0.05, 0.1) is 5.60 Å². The van der Waals surface area contributed by atoms with Crippen molar-refractivity contribution < 1.29 is 4.74 Å². The van der Waals surface area contributed by atoms with Crippen LogP contribution in [0.2, 0.25) is 0 Å². The molecule has 0 aromatic heterocycles. The lowest BCUT2D eigenvalue weighted by molar-refractivity contribution is 0.00577. The number of benzene rings is 1. The standard InChI is InChI=1S/C13H18N2O/c1-13(2,16-3)9-15-8-10-6-4-5-7-11(10)12(15)14/h4-7,14H,8-9H2,1-3H3. The number of methoxy groups -OCH3 is 1. The summed E-state index contributed by atoms with van der Waals surface area (Å²) in [6.07, 6.45) is 0. The summed E-state index contributed by atoms with van der Waals surface area (Å²) in [5.41, 5.74) is 2.07. The Labute approximate surface area is 96.5 Å². The third-order valence-electron chi connectivity index (χ3n) is 3.07. The molecule has 1 aromatic carbocycles. The minimum atomic E-state index is -0.214. The van der Waals surface area contributed by atoms with Crippen LogP contribution in [0.4, 0.5) is 0 Å². The van der Waals surface area contributed by atoms with Gasteiger partial charge in [-0.3, -0.25) is 5.41 Å². The van der Waals surface area contributed by atoms with E-state index in [9.17, 15) is 0 Å². The van der Waals surface area contributed by atoms with Gasteiger partial charge in [-0.2, -0.15) is 0 Å². The molecule has 0 bridgehead atoms. The van der Waals surface area contributed by atoms with E-state index in [0.29, 0.717) is 5.84 Å². The van der Waals surface area contributed by atoms with Crippen LogP contribution in [-0.2, 0) is 11.3 Å². The molecule has 1 aromatic rings. The van der Waals surface area contributed by atoms with Crippen LogP contribution in [0.1, 0.15) is 25.0 Å². The summed E-state index contributed by atoms with van der Waals surface area (Å²) in [5, 5.41) is 8.11. The Balaban J connectivity index is 2.16. The highest BCUT2D eigenvalue weighted by molar-refractivity contribution is 6.00. The zero-order valence-electron chi connectivity index (χ0n) is 10.1. The van der Waals surface area contributed by atoms with Gasteiger partial charge >= 0.3 is 0 Å². The molecule has 0 saturated heterocycles. The maximum atomic E-state index is 8.11. The van der Waals surface area contributed by atoms with Gasteiger partial charge in [-0.05, 0) is 19.4 Å². The van der Waals surface area contributed by atoms with Crippen LogP contribution < -0.4 is 0 Å². The fraction of sp³-hybridized carbons (Fsp3) is 0.462. The molecule has 0 saturated carbocycles. The van der Waals surface area contributed by atoms with Crippen molar-refractivity contribution in [1.82, 2.24) is 4.90 Å². The Morgan fingerprint density at radius 2 is 2.06 bits per heavy atom. The average molecular weight is 218 g/mol. The first-order valence-corrected chi connectivity index (χ1v) is 5.50. The number of hydrogen-bond acceptors (Lipinski definition) is 2. The van der Waals surface area contributed by atoms with Crippen LogP contribution in [0.15, 0.2) is 24.3 Å². The summed E-state index contributed by atoms with van der Waals surface area (Å²) in [7, 11) is 1.72. The normalized spacial score (nSPS) is 15.4. The highest BCUT2D eigenvalue weighted by atomic mass is 16.5. The van der Waals surface area contributed by atoms with Crippen molar-refractivity contribution in [3.63, 3.8) is 0 Å². The van der Waals surface area contributed by atoms with Crippen molar-refractivity contribution in [1.29, 1.82) is 5.41 Å². The van der Waals surface area contributed by atoms with Gasteiger partial charge in [0, 0.05) is 25.8 Å². The quantitative estimate of drug-likeness (QED) is 0.844. The third-order valence-corrected chi connectivity index (χ3v) is 3.07. The highest BCUT2D eigenvalue weighted by Gasteiger charge is 2.28. The lowest BCUT2D eigenvalue weighted by atomic mass is 10.1. The van der Waals surface area contributed by atoms with Gasteiger partial charge < -0.3 is 9.64 Å². The fourth-order valence-electron chi connectivity index (χ4n) is 2.00. The fourth-order valence-corrected chi connectivity index (χ4v) is 2.00. The van der Waals surface area contributed by atoms with Gasteiger partial charge in [0.25, 0.3) is 0 Å². The smallest absolute Gasteiger partial charge is 0.128 e. The van der Waals surface area contributed by atoms with Crippen LogP contribution in [0.25, 0.3) is 0 Å². The van der Waals surface area contributed by atoms with Crippen LogP contribution >= 0.6 is 0 Å². The van der Waals surface area contributed by atoms with Crippen LogP contribution in [0.5, 0.6) is 0 Å². The zero-order chi connectivity index (χ0) is 11.8. The number of ether oxygens (including phenoxy) is 1. The zero-order valence-corrected chi connectivity index (χ0v) is 10.1. The predicted octanol–water partition coefficient (Wildman–Crippen LogP) is 2.25. The lowest BCUT2D eigenvalue weighted by Crippen LogP contribution is -2.40. The summed E-state index contributed by atoms with van der Waals surface area (Å²) in [5.74, 6) is 0.612. The largest absolute Gasteiger partial charge is 0.377 e. The molecule has 0 amide bonds. The van der Waals surface area contributed by atoms with Crippen LogP contribution in [-0.4, -0.2) is 30.0 Å². The molecule has 0 atom stereocenters. The SMILES string of the molecule is COC(C)(C)CN1Cc2ccccc2C1=N. The summed E-state index contributed by atoms with van der Waals surface area (Å²) >= 11 is 0. The van der Waals surface area contributed by atoms with Gasteiger partial charge in [0.2, 0.25) is 0 Å². The lowest BCUT2D eigenvalue weighted by Gasteiger charge is -2.29. The molecule has 1 N–H and O–H groups in total. The topological polar surface area (TPSA) is 36.3 Å². The van der Waals surface area contributed by atoms with Gasteiger partial charge in [0.15, 0.2) is 0 Å². The van der Waals surface area contributed by atoms with E-state index in [-0.39, 0.29) is 5.60 Å². The van der Waals surface area contributed by atoms with Crippen LogP contribution in [0, 0.1) is 5.41 Å². The molecule has 3 heteroatoms. The molecule has 1 aliphatic rings. The van der Waals surface area contributed by atoms with Crippen molar-refractivity contribution in [2.75, 3.05) is 13.7 Å². The van der Waals surface area contributed by atoms with E-state index in [2.05, 4.69) is 11.0 Å². The summed E-state index contributed by atoms with van der Waals surface area (Å²) in [6.45, 7) is 5.66. The Morgan fingerprint density at radius 3 is 2.69 bits per heavy atom. The molecule has 1 aliphatic heterocycles. The maximum absolute atomic E-state index is 8.11. The van der Waals surface area contributed by atoms with E-state index in [1.54, 1.807) is 7.11 Å². The van der Waals surface area contributed by atoms with E-state index >= 15 is 0 Å². The first kappa shape index (κ1) is 11.1. The molecule has 16 heavy (non-hydrogen) atoms. The highest BCUT2D eigenvalue weighted by Crippen LogP contribution is 2.24. The van der Waals surface area contributed by atoms with Crippen molar-refractivity contribution in [3.05, 3.63) is 35.4 Å². The maximum Gasteiger partial charge on any atom is 0.128 e. The van der Waals surface area contributed by atoms with E-state index in [1.165, 1.54) is 5.56 Å². The molecule has 0 spiro atoms. The number of fused-ring (bicyclic) bond motifs is 1. The number of nitrogens with one attached hydrogen (secondary N) is 1. The number of rotatable bonds is 3. The Bertz CT molecular complexity index is 412. The van der Waals surface area contributed by atoms with E-state index in [0.717, 1.165) is 18.7 Å². The molecule has 0 unspecified atom stereocenters. The monoisotopic (exact) mass is 218 g/mol. The number of hydrogen-bond donors (Lipinski definition) is 1. The second kappa shape index (κ2) is 3.91. The van der Waals surface area contributed by atoms with E-state index in [1.807, 2.05) is 32.0 Å². The van der Waals surface area contributed by atoms with Crippen LogP contribution in [0.3, 0.4) is 0 Å². The van der Waals surface area contributed by atoms with Crippen molar-refractivity contribution in [3.8, 4) is 0 Å². The first-order valence-electron chi connectivity index (χ1n) is 5.50. The van der Waals surface area contributed by atoms with Gasteiger partial charge in [0.1, 0.15) is 5.84 Å². The molecular formula is C13H18N2O. The number of amidine groups is 1.